The molecule has 0 aliphatic carbocycles. The van der Waals surface area contributed by atoms with E-state index in [-0.39, 0.29) is 5.91 Å². The zero-order valence-electron chi connectivity index (χ0n) is 16.0. The molecule has 0 atom stereocenters. The molecule has 1 aliphatic heterocycles. The van der Waals surface area contributed by atoms with E-state index in [0.29, 0.717) is 18.1 Å². The molecular formula is C22H22ClN3OS. The van der Waals surface area contributed by atoms with Gasteiger partial charge >= 0.3 is 0 Å². The summed E-state index contributed by atoms with van der Waals surface area (Å²) in [4.78, 5) is 21.6. The first kappa shape index (κ1) is 19.0. The molecule has 28 heavy (non-hydrogen) atoms. The molecule has 0 saturated carbocycles. The zero-order chi connectivity index (χ0) is 19.7. The van der Waals surface area contributed by atoms with Crippen molar-refractivity contribution in [2.45, 2.75) is 13.8 Å². The van der Waals surface area contributed by atoms with Crippen LogP contribution in [-0.4, -0.2) is 42.0 Å². The molecule has 4 nitrogen and oxygen atoms in total. The van der Waals surface area contributed by atoms with E-state index in [2.05, 4.69) is 30.9 Å². The van der Waals surface area contributed by atoms with Crippen molar-refractivity contribution in [1.82, 2.24) is 9.88 Å². The van der Waals surface area contributed by atoms with Crippen LogP contribution in [0.15, 0.2) is 42.5 Å². The van der Waals surface area contributed by atoms with E-state index in [0.717, 1.165) is 29.3 Å². The van der Waals surface area contributed by atoms with Crippen LogP contribution in [0.2, 0.25) is 5.02 Å². The Kier molecular flexibility index (Phi) is 5.38. The number of aromatic nitrogens is 1. The number of benzene rings is 2. The lowest BCUT2D eigenvalue weighted by Gasteiger charge is -2.34. The third kappa shape index (κ3) is 3.77. The molecule has 2 aromatic carbocycles. The fourth-order valence-corrected chi connectivity index (χ4v) is 4.74. The van der Waals surface area contributed by atoms with Gasteiger partial charge in [0.15, 0.2) is 5.13 Å². The number of hydrogen-bond donors (Lipinski definition) is 0. The quantitative estimate of drug-likeness (QED) is 0.573. The highest BCUT2D eigenvalue weighted by molar-refractivity contribution is 7.22. The van der Waals surface area contributed by atoms with Crippen molar-refractivity contribution in [2.24, 2.45) is 0 Å². The maximum absolute atomic E-state index is 12.5. The van der Waals surface area contributed by atoms with Crippen LogP contribution in [0.3, 0.4) is 0 Å². The van der Waals surface area contributed by atoms with E-state index in [9.17, 15) is 4.79 Å². The number of anilines is 1. The topological polar surface area (TPSA) is 36.4 Å². The minimum Gasteiger partial charge on any atom is -0.345 e. The van der Waals surface area contributed by atoms with Gasteiger partial charge in [-0.1, -0.05) is 53.3 Å². The molecule has 0 bridgehead atoms. The Morgan fingerprint density at radius 2 is 1.79 bits per heavy atom. The first-order valence-electron chi connectivity index (χ1n) is 9.36. The second-order valence-corrected chi connectivity index (χ2v) is 8.43. The summed E-state index contributed by atoms with van der Waals surface area (Å²) < 4.78 is 1.26. The normalized spacial score (nSPS) is 15.0. The molecular weight excluding hydrogens is 390 g/mol. The van der Waals surface area contributed by atoms with E-state index in [1.807, 2.05) is 29.2 Å². The molecule has 6 heteroatoms. The average Bonchev–Trinajstić information content (AvgIpc) is 3.17. The molecule has 1 aromatic heterocycles. The van der Waals surface area contributed by atoms with Gasteiger partial charge in [0, 0.05) is 37.3 Å². The van der Waals surface area contributed by atoms with Crippen molar-refractivity contribution >= 4 is 50.3 Å². The Balaban J connectivity index is 1.42. The number of amides is 1. The van der Waals surface area contributed by atoms with E-state index in [1.54, 1.807) is 23.5 Å². The molecule has 144 valence electrons. The van der Waals surface area contributed by atoms with E-state index >= 15 is 0 Å². The summed E-state index contributed by atoms with van der Waals surface area (Å²) in [5, 5.41) is 1.70. The number of hydrogen-bond acceptors (Lipinski definition) is 4. The third-order valence-electron chi connectivity index (χ3n) is 5.10. The number of piperazine rings is 1. The second kappa shape index (κ2) is 7.94. The standard InChI is InChI=1S/C22H22ClN3OS/c1-15-7-8-16(2)21-20(15)24-22(28-21)26-13-11-25(12-14-26)19(27)10-9-17-5-3-4-6-18(17)23/h3-10H,11-14H2,1-2H3/b10-9+. The van der Waals surface area contributed by atoms with Crippen LogP contribution in [0, 0.1) is 13.8 Å². The summed E-state index contributed by atoms with van der Waals surface area (Å²) in [5.74, 6) is 0.0237. The lowest BCUT2D eigenvalue weighted by Crippen LogP contribution is -2.48. The highest BCUT2D eigenvalue weighted by atomic mass is 35.5. The van der Waals surface area contributed by atoms with Crippen molar-refractivity contribution in [3.63, 3.8) is 0 Å². The number of fused-ring (bicyclic) bond motifs is 1. The molecule has 1 amide bonds. The van der Waals surface area contributed by atoms with E-state index < -0.39 is 0 Å². The van der Waals surface area contributed by atoms with Gasteiger partial charge in [-0.05, 0) is 42.7 Å². The van der Waals surface area contributed by atoms with Crippen LogP contribution in [0.1, 0.15) is 16.7 Å². The second-order valence-electron chi connectivity index (χ2n) is 7.04. The summed E-state index contributed by atoms with van der Waals surface area (Å²) in [6.07, 6.45) is 3.40. The van der Waals surface area contributed by atoms with Crippen LogP contribution in [0.4, 0.5) is 5.13 Å². The van der Waals surface area contributed by atoms with Crippen molar-refractivity contribution in [3.8, 4) is 0 Å². The molecule has 0 unspecified atom stereocenters. The summed E-state index contributed by atoms with van der Waals surface area (Å²) in [7, 11) is 0. The lowest BCUT2D eigenvalue weighted by atomic mass is 10.1. The number of carbonyl (C=O) groups is 1. The number of rotatable bonds is 3. The van der Waals surface area contributed by atoms with E-state index in [1.165, 1.54) is 15.8 Å². The number of nitrogens with zero attached hydrogens (tertiary/aromatic N) is 3. The zero-order valence-corrected chi connectivity index (χ0v) is 17.6. The van der Waals surface area contributed by atoms with Crippen LogP contribution >= 0.6 is 22.9 Å². The predicted octanol–water partition coefficient (Wildman–Crippen LogP) is 4.93. The summed E-state index contributed by atoms with van der Waals surface area (Å²) in [6.45, 7) is 7.21. The molecule has 0 N–H and O–H groups in total. The molecule has 0 radical (unpaired) electrons. The highest BCUT2D eigenvalue weighted by Crippen LogP contribution is 2.33. The maximum Gasteiger partial charge on any atom is 0.246 e. The largest absolute Gasteiger partial charge is 0.345 e. The lowest BCUT2D eigenvalue weighted by molar-refractivity contribution is -0.126. The highest BCUT2D eigenvalue weighted by Gasteiger charge is 2.22. The summed E-state index contributed by atoms with van der Waals surface area (Å²) >= 11 is 7.89. The fraction of sp³-hybridized carbons (Fsp3) is 0.273. The Labute approximate surface area is 174 Å². The Bertz CT molecular complexity index is 1010. The van der Waals surface area contributed by atoms with Gasteiger partial charge in [0.1, 0.15) is 0 Å². The molecule has 1 aliphatic rings. The number of thiazole rings is 1. The minimum absolute atomic E-state index is 0.0237. The van der Waals surface area contributed by atoms with Crippen LogP contribution in [0.25, 0.3) is 16.3 Å². The number of aryl methyl sites for hydroxylation is 2. The average molecular weight is 412 g/mol. The Morgan fingerprint density at radius 3 is 2.50 bits per heavy atom. The Morgan fingerprint density at radius 1 is 1.07 bits per heavy atom. The van der Waals surface area contributed by atoms with Crippen LogP contribution in [0.5, 0.6) is 0 Å². The van der Waals surface area contributed by atoms with E-state index in [4.69, 9.17) is 16.6 Å². The van der Waals surface area contributed by atoms with Gasteiger partial charge in [0.05, 0.1) is 10.2 Å². The molecule has 2 heterocycles. The monoisotopic (exact) mass is 411 g/mol. The summed E-state index contributed by atoms with van der Waals surface area (Å²) in [6, 6.07) is 11.8. The van der Waals surface area contributed by atoms with Crippen LogP contribution in [-0.2, 0) is 4.79 Å². The summed E-state index contributed by atoms with van der Waals surface area (Å²) in [5.41, 5.74) is 4.43. The van der Waals surface area contributed by atoms with Gasteiger partial charge in [-0.15, -0.1) is 0 Å². The van der Waals surface area contributed by atoms with Crippen molar-refractivity contribution in [2.75, 3.05) is 31.1 Å². The first-order valence-corrected chi connectivity index (χ1v) is 10.6. The molecule has 1 fully saturated rings. The van der Waals surface area contributed by atoms with Crippen LogP contribution < -0.4 is 4.90 Å². The molecule has 1 saturated heterocycles. The Hall–Kier alpha value is -2.37. The molecule has 0 spiro atoms. The van der Waals surface area contributed by atoms with Gasteiger partial charge in [0.25, 0.3) is 0 Å². The van der Waals surface area contributed by atoms with Gasteiger partial charge in [-0.3, -0.25) is 4.79 Å². The minimum atomic E-state index is 0.0237. The number of halogens is 1. The fourth-order valence-electron chi connectivity index (χ4n) is 3.38. The van der Waals surface area contributed by atoms with Crippen molar-refractivity contribution < 1.29 is 4.79 Å². The number of carbonyl (C=O) groups excluding carboxylic acids is 1. The first-order chi connectivity index (χ1) is 13.5. The van der Waals surface area contributed by atoms with Gasteiger partial charge in [-0.25, -0.2) is 4.98 Å². The maximum atomic E-state index is 12.5. The predicted molar refractivity (Wildman–Crippen MR) is 118 cm³/mol. The van der Waals surface area contributed by atoms with Gasteiger partial charge < -0.3 is 9.80 Å². The van der Waals surface area contributed by atoms with Gasteiger partial charge in [0.2, 0.25) is 5.91 Å². The van der Waals surface area contributed by atoms with Crippen molar-refractivity contribution in [1.29, 1.82) is 0 Å². The third-order valence-corrected chi connectivity index (χ3v) is 6.70. The molecule has 4 rings (SSSR count). The smallest absolute Gasteiger partial charge is 0.246 e. The SMILES string of the molecule is Cc1ccc(C)c2sc(N3CCN(C(=O)/C=C/c4ccccc4Cl)CC3)nc12. The van der Waals surface area contributed by atoms with Crippen molar-refractivity contribution in [3.05, 3.63) is 64.2 Å². The van der Waals surface area contributed by atoms with Gasteiger partial charge in [-0.2, -0.15) is 0 Å². The molecule has 3 aromatic rings.